The Morgan fingerprint density at radius 1 is 1.55 bits per heavy atom. The maximum Gasteiger partial charge on any atom is 0.265 e. The third-order valence-electron chi connectivity index (χ3n) is 2.56. The first-order valence-electron chi connectivity index (χ1n) is 5.64. The van der Waals surface area contributed by atoms with Gasteiger partial charge < -0.3 is 10.4 Å². The first-order valence-corrected chi connectivity index (χ1v) is 6.52. The number of aromatic nitrogens is 2. The molecule has 0 bridgehead atoms. The number of halogens is 2. The Labute approximate surface area is 115 Å². The molecule has 0 radical (unpaired) electrons. The van der Waals surface area contributed by atoms with Crippen molar-refractivity contribution in [2.75, 3.05) is 6.54 Å². The monoisotopic (exact) mass is 303 g/mol. The van der Waals surface area contributed by atoms with Gasteiger partial charge in [0, 0.05) is 6.54 Å². The van der Waals surface area contributed by atoms with Gasteiger partial charge in [-0.2, -0.15) is 0 Å². The molecule has 1 unspecified atom stereocenters. The van der Waals surface area contributed by atoms with Crippen molar-refractivity contribution in [2.45, 2.75) is 19.1 Å². The molecule has 0 aliphatic rings. The van der Waals surface area contributed by atoms with E-state index >= 15 is 0 Å². The van der Waals surface area contributed by atoms with E-state index in [4.69, 9.17) is 5.11 Å². The third kappa shape index (κ3) is 3.17. The summed E-state index contributed by atoms with van der Waals surface area (Å²) in [7, 11) is 0. The molecule has 20 heavy (non-hydrogen) atoms. The molecule has 0 aromatic carbocycles. The van der Waals surface area contributed by atoms with Crippen molar-refractivity contribution >= 4 is 27.5 Å². The lowest BCUT2D eigenvalue weighted by atomic mass is 10.3. The number of thiophene rings is 1. The molecule has 2 heterocycles. The van der Waals surface area contributed by atoms with Crippen LogP contribution < -0.4 is 10.9 Å². The third-order valence-corrected chi connectivity index (χ3v) is 3.38. The summed E-state index contributed by atoms with van der Waals surface area (Å²) in [6.07, 6.45) is -3.63. The fourth-order valence-corrected chi connectivity index (χ4v) is 2.25. The van der Waals surface area contributed by atoms with Crippen LogP contribution >= 0.6 is 11.3 Å². The predicted molar refractivity (Wildman–Crippen MR) is 68.9 cm³/mol. The van der Waals surface area contributed by atoms with E-state index in [1.807, 2.05) is 0 Å². The summed E-state index contributed by atoms with van der Waals surface area (Å²) in [5, 5.41) is 13.1. The van der Waals surface area contributed by atoms with E-state index in [2.05, 4.69) is 10.3 Å². The Hall–Kier alpha value is -1.87. The molecule has 1 amide bonds. The molecule has 9 heteroatoms. The quantitative estimate of drug-likeness (QED) is 0.826. The lowest BCUT2D eigenvalue weighted by Gasteiger charge is -2.11. The first kappa shape index (κ1) is 14.5. The van der Waals surface area contributed by atoms with Crippen LogP contribution in [-0.2, 0) is 11.3 Å². The lowest BCUT2D eigenvalue weighted by molar-refractivity contribution is -0.122. The highest BCUT2D eigenvalue weighted by Crippen LogP contribution is 2.13. The molecule has 1 atom stereocenters. The van der Waals surface area contributed by atoms with Crippen LogP contribution in [0.25, 0.3) is 10.2 Å². The Bertz CT molecular complexity index is 670. The molecule has 6 nitrogen and oxygen atoms in total. The number of aliphatic hydroxyl groups excluding tert-OH is 1. The topological polar surface area (TPSA) is 84.2 Å². The number of hydrogen-bond acceptors (Lipinski definition) is 5. The van der Waals surface area contributed by atoms with Crippen molar-refractivity contribution in [3.8, 4) is 0 Å². The van der Waals surface area contributed by atoms with Crippen molar-refractivity contribution in [1.82, 2.24) is 14.9 Å². The van der Waals surface area contributed by atoms with Crippen molar-refractivity contribution in [3.63, 3.8) is 0 Å². The summed E-state index contributed by atoms with van der Waals surface area (Å²) in [5.41, 5.74) is -0.374. The zero-order chi connectivity index (χ0) is 14.7. The minimum Gasteiger partial charge on any atom is -0.385 e. The van der Waals surface area contributed by atoms with Crippen LogP contribution in [0.5, 0.6) is 0 Å². The number of nitrogens with one attached hydrogen (secondary N) is 1. The van der Waals surface area contributed by atoms with Crippen molar-refractivity contribution in [1.29, 1.82) is 0 Å². The van der Waals surface area contributed by atoms with Gasteiger partial charge in [-0.25, -0.2) is 13.8 Å². The summed E-state index contributed by atoms with van der Waals surface area (Å²) in [4.78, 5) is 28.0. The molecule has 2 aromatic rings. The minimum atomic E-state index is -2.93. The van der Waals surface area contributed by atoms with Crippen LogP contribution in [0.15, 0.2) is 22.6 Å². The van der Waals surface area contributed by atoms with Crippen LogP contribution in [-0.4, -0.2) is 39.6 Å². The van der Waals surface area contributed by atoms with Gasteiger partial charge in [0.15, 0.2) is 0 Å². The summed E-state index contributed by atoms with van der Waals surface area (Å²) in [5.74, 6) is -0.650. The number of carbonyl (C=O) groups is 1. The number of nitrogens with zero attached hydrogens (tertiary/aromatic N) is 2. The molecular weight excluding hydrogens is 292 g/mol. The Kier molecular flexibility index (Phi) is 4.40. The molecule has 2 N–H and O–H groups in total. The highest BCUT2D eigenvalue weighted by molar-refractivity contribution is 7.16. The largest absolute Gasteiger partial charge is 0.385 e. The molecule has 2 aromatic heterocycles. The van der Waals surface area contributed by atoms with Crippen LogP contribution in [0.4, 0.5) is 8.78 Å². The van der Waals surface area contributed by atoms with Gasteiger partial charge in [-0.15, -0.1) is 11.3 Å². The average molecular weight is 303 g/mol. The van der Waals surface area contributed by atoms with Gasteiger partial charge in [-0.1, -0.05) is 0 Å². The zero-order valence-corrected chi connectivity index (χ0v) is 10.9. The standard InChI is InChI=1S/C11H11F2N3O3S/c12-9(13)7(17)3-14-8(18)4-16-5-15-10-6(11(16)19)1-2-20-10/h1-2,5,7,9,17H,3-4H2,(H,14,18). The van der Waals surface area contributed by atoms with Gasteiger partial charge in [0.25, 0.3) is 12.0 Å². The van der Waals surface area contributed by atoms with E-state index in [1.165, 1.54) is 17.7 Å². The number of hydrogen-bond donors (Lipinski definition) is 2. The number of carbonyl (C=O) groups excluding carboxylic acids is 1. The molecule has 0 aliphatic carbocycles. The van der Waals surface area contributed by atoms with Crippen LogP contribution in [0, 0.1) is 0 Å². The summed E-state index contributed by atoms with van der Waals surface area (Å²) in [6, 6.07) is 1.60. The number of aliphatic hydroxyl groups is 1. The van der Waals surface area contributed by atoms with E-state index in [-0.39, 0.29) is 12.1 Å². The highest BCUT2D eigenvalue weighted by Gasteiger charge is 2.17. The van der Waals surface area contributed by atoms with E-state index in [1.54, 1.807) is 11.4 Å². The number of fused-ring (bicyclic) bond motifs is 1. The SMILES string of the molecule is O=C(Cn1cnc2sccc2c1=O)NCC(O)C(F)F. The maximum absolute atomic E-state index is 12.0. The van der Waals surface area contributed by atoms with Crippen molar-refractivity contribution < 1.29 is 18.7 Å². The van der Waals surface area contributed by atoms with Crippen LogP contribution in [0.1, 0.15) is 0 Å². The molecule has 0 fully saturated rings. The van der Waals surface area contributed by atoms with Crippen LogP contribution in [0.2, 0.25) is 0 Å². The van der Waals surface area contributed by atoms with E-state index < -0.39 is 25.0 Å². The fourth-order valence-electron chi connectivity index (χ4n) is 1.52. The normalized spacial score (nSPS) is 12.8. The highest BCUT2D eigenvalue weighted by atomic mass is 32.1. The maximum atomic E-state index is 12.0. The van der Waals surface area contributed by atoms with E-state index in [9.17, 15) is 18.4 Å². The van der Waals surface area contributed by atoms with Crippen molar-refractivity contribution in [3.05, 3.63) is 28.1 Å². The Morgan fingerprint density at radius 2 is 2.30 bits per heavy atom. The van der Waals surface area contributed by atoms with Gasteiger partial charge in [0.1, 0.15) is 17.5 Å². The van der Waals surface area contributed by atoms with Crippen LogP contribution in [0.3, 0.4) is 0 Å². The summed E-state index contributed by atoms with van der Waals surface area (Å²) < 4.78 is 25.2. The van der Waals surface area contributed by atoms with E-state index in [0.29, 0.717) is 10.2 Å². The molecular formula is C11H11F2N3O3S. The molecule has 108 valence electrons. The molecule has 0 saturated heterocycles. The lowest BCUT2D eigenvalue weighted by Crippen LogP contribution is -2.39. The Morgan fingerprint density at radius 3 is 3.00 bits per heavy atom. The van der Waals surface area contributed by atoms with E-state index in [0.717, 1.165) is 4.57 Å². The Balaban J connectivity index is 2.03. The second kappa shape index (κ2) is 6.06. The minimum absolute atomic E-state index is 0.340. The van der Waals surface area contributed by atoms with Gasteiger partial charge in [0.2, 0.25) is 5.91 Å². The number of alkyl halides is 2. The van der Waals surface area contributed by atoms with Gasteiger partial charge in [-0.05, 0) is 11.4 Å². The van der Waals surface area contributed by atoms with Crippen molar-refractivity contribution in [2.24, 2.45) is 0 Å². The number of amides is 1. The second-order valence-corrected chi connectivity index (χ2v) is 4.92. The predicted octanol–water partition coefficient (Wildman–Crippen LogP) is 0.200. The van der Waals surface area contributed by atoms with Gasteiger partial charge >= 0.3 is 0 Å². The second-order valence-electron chi connectivity index (χ2n) is 4.02. The zero-order valence-electron chi connectivity index (χ0n) is 10.1. The smallest absolute Gasteiger partial charge is 0.265 e. The number of rotatable bonds is 5. The summed E-state index contributed by atoms with van der Waals surface area (Å²) in [6.45, 7) is -0.910. The molecule has 0 spiro atoms. The summed E-state index contributed by atoms with van der Waals surface area (Å²) >= 11 is 1.31. The first-order chi connectivity index (χ1) is 9.49. The molecule has 0 saturated carbocycles. The van der Waals surface area contributed by atoms with Gasteiger partial charge in [-0.3, -0.25) is 14.2 Å². The fraction of sp³-hybridized carbons (Fsp3) is 0.364. The average Bonchev–Trinajstić information content (AvgIpc) is 2.88. The van der Waals surface area contributed by atoms with Gasteiger partial charge in [0.05, 0.1) is 11.7 Å². The molecule has 0 aliphatic heterocycles. The molecule has 2 rings (SSSR count).